The number of hydrogen-bond donors (Lipinski definition) is 5. The molecule has 6 unspecified atom stereocenters. The number of ketones is 1. The molecule has 4 fully saturated rings. The topological polar surface area (TPSA) is 191 Å². The summed E-state index contributed by atoms with van der Waals surface area (Å²) in [5.74, 6) is -0.630. The number of amides is 1. The standard InChI is InChI=1S/C47H55N4O10P/c1-25(2)12-11-19-45(8)20-18-29-38(58-45)28(16-15-26(3)4)39-34(40(29)60-62(55,56)57)36-35-37(51-32-14-10-9-13-31(32)49-43(51)50-36)30-24-33-44(6,7)61-46(41(30)53,47(33,35)59-39)21-17-27(5)42(54)48-22-23-52/h9-10,12-15,17-18,20,30,33,37,52H,11,16,19,21-24H2,1-8H3,(H,48,54)(H,49,50)(H2,55,56,57)/b27-17-. The van der Waals surface area contributed by atoms with Gasteiger partial charge in [0.15, 0.2) is 22.7 Å². The average Bonchev–Trinajstić information content (AvgIpc) is 3.63. The minimum Gasteiger partial charge on any atom is -0.482 e. The number of Topliss-reactive ketones (excluding diaryl/α,β-unsaturated/α-hetero) is 1. The van der Waals surface area contributed by atoms with Gasteiger partial charge in [-0.3, -0.25) is 19.4 Å². The van der Waals surface area contributed by atoms with Crippen molar-refractivity contribution in [3.05, 3.63) is 87.6 Å². The molecule has 1 amide bonds. The van der Waals surface area contributed by atoms with Crippen LogP contribution in [0, 0.1) is 11.8 Å². The number of hydrogen-bond acceptors (Lipinski definition) is 10. The molecule has 0 radical (unpaired) electrons. The van der Waals surface area contributed by atoms with E-state index in [9.17, 15) is 24.3 Å². The predicted octanol–water partition coefficient (Wildman–Crippen LogP) is 7.65. The third-order valence-corrected chi connectivity index (χ3v) is 14.0. The van der Waals surface area contributed by atoms with E-state index in [2.05, 4.69) is 21.3 Å². The highest BCUT2D eigenvalue weighted by molar-refractivity contribution is 7.46. The number of benzene rings is 2. The molecule has 3 aromatic rings. The molecule has 1 aromatic heterocycles. The number of nitrogens with one attached hydrogen (secondary N) is 2. The molecule has 3 aliphatic carbocycles. The molecule has 10 rings (SSSR count). The number of carbonyl (C=O) groups excluding carboxylic acids is 2. The molecule has 1 spiro atoms. The fourth-order valence-electron chi connectivity index (χ4n) is 11.0. The molecular formula is C47H55N4O10P. The van der Waals surface area contributed by atoms with Crippen LogP contribution in [0.2, 0.25) is 0 Å². The Morgan fingerprint density at radius 2 is 1.81 bits per heavy atom. The largest absolute Gasteiger partial charge is 0.524 e. The SMILES string of the molecule is CC(C)=CCCC1(C)C=Cc2c(c(CC=C(C)C)c3c(c2OP(=O)(O)O)C2=C4C(C5CC6C(C)(C)OC(C/C=C(/C)C(=O)NCCO)(C5=O)C46O3)n3c(nc4ccccc43)N2)O1. The van der Waals surface area contributed by atoms with E-state index < -0.39 is 48.1 Å². The monoisotopic (exact) mass is 866 g/mol. The van der Waals surface area contributed by atoms with Crippen molar-refractivity contribution in [2.24, 2.45) is 11.8 Å². The van der Waals surface area contributed by atoms with Crippen LogP contribution in [-0.2, 0) is 25.3 Å². The molecule has 5 N–H and O–H groups in total. The second-order valence-corrected chi connectivity index (χ2v) is 19.9. The van der Waals surface area contributed by atoms with Gasteiger partial charge in [0.05, 0.1) is 46.1 Å². The van der Waals surface area contributed by atoms with Gasteiger partial charge < -0.3 is 39.0 Å². The van der Waals surface area contributed by atoms with Crippen LogP contribution >= 0.6 is 7.82 Å². The molecule has 6 atom stereocenters. The van der Waals surface area contributed by atoms with Crippen LogP contribution in [0.3, 0.4) is 0 Å². The van der Waals surface area contributed by atoms with E-state index in [1.807, 2.05) is 91.0 Å². The molecule has 15 heteroatoms. The normalized spacial score (nSPS) is 28.2. The van der Waals surface area contributed by atoms with E-state index in [1.54, 1.807) is 13.0 Å². The van der Waals surface area contributed by atoms with E-state index in [-0.39, 0.29) is 48.3 Å². The van der Waals surface area contributed by atoms with Gasteiger partial charge in [0.2, 0.25) is 11.9 Å². The molecule has 4 bridgehead atoms. The highest BCUT2D eigenvalue weighted by Crippen LogP contribution is 2.74. The van der Waals surface area contributed by atoms with Crippen LogP contribution in [0.1, 0.15) is 104 Å². The number of aromatic nitrogens is 2. The second-order valence-electron chi connectivity index (χ2n) is 18.7. The minimum atomic E-state index is -5.23. The molecule has 4 aliphatic heterocycles. The lowest BCUT2D eigenvalue weighted by Crippen LogP contribution is -2.75. The Hall–Kier alpha value is -4.98. The third-order valence-electron chi connectivity index (χ3n) is 13.6. The molecule has 1 saturated heterocycles. The van der Waals surface area contributed by atoms with Gasteiger partial charge in [0.1, 0.15) is 17.1 Å². The summed E-state index contributed by atoms with van der Waals surface area (Å²) in [6, 6.07) is 7.07. The summed E-state index contributed by atoms with van der Waals surface area (Å²) in [6.07, 6.45) is 11.7. The second kappa shape index (κ2) is 14.5. The number of imidazole rings is 1. The molecular weight excluding hydrogens is 812 g/mol. The first-order valence-electron chi connectivity index (χ1n) is 21.4. The van der Waals surface area contributed by atoms with Crippen molar-refractivity contribution in [2.75, 3.05) is 18.5 Å². The zero-order chi connectivity index (χ0) is 44.3. The smallest absolute Gasteiger partial charge is 0.482 e. The lowest BCUT2D eigenvalue weighted by molar-refractivity contribution is -0.181. The number of allylic oxidation sites excluding steroid dienone is 4. The number of ether oxygens (including phenoxy) is 3. The van der Waals surface area contributed by atoms with Crippen LogP contribution in [0.4, 0.5) is 5.95 Å². The fourth-order valence-corrected chi connectivity index (χ4v) is 11.4. The van der Waals surface area contributed by atoms with E-state index in [4.69, 9.17) is 23.7 Å². The molecule has 2 aromatic carbocycles. The number of anilines is 1. The number of aliphatic hydroxyl groups is 1. The average molecular weight is 867 g/mol. The molecule has 5 heterocycles. The third kappa shape index (κ3) is 6.27. The van der Waals surface area contributed by atoms with Gasteiger partial charge in [0, 0.05) is 41.5 Å². The van der Waals surface area contributed by atoms with Crippen molar-refractivity contribution in [2.45, 2.75) is 116 Å². The zero-order valence-electron chi connectivity index (χ0n) is 36.4. The maximum Gasteiger partial charge on any atom is 0.524 e. The Labute approximate surface area is 361 Å². The summed E-state index contributed by atoms with van der Waals surface area (Å²) >= 11 is 0. The summed E-state index contributed by atoms with van der Waals surface area (Å²) in [4.78, 5) is 55.3. The van der Waals surface area contributed by atoms with Crippen molar-refractivity contribution in [3.63, 3.8) is 0 Å². The maximum absolute atomic E-state index is 15.7. The first kappa shape index (κ1) is 42.3. The summed E-state index contributed by atoms with van der Waals surface area (Å²) in [6.45, 7) is 15.5. The van der Waals surface area contributed by atoms with Crippen LogP contribution < -0.4 is 24.6 Å². The number of nitrogens with zero attached hydrogens (tertiary/aromatic N) is 2. The molecule has 7 aliphatic rings. The number of carbonyl (C=O) groups is 2. The van der Waals surface area contributed by atoms with Gasteiger partial charge >= 0.3 is 7.82 Å². The lowest BCUT2D eigenvalue weighted by Gasteiger charge is -2.62. The van der Waals surface area contributed by atoms with Crippen LogP contribution in [0.25, 0.3) is 22.8 Å². The van der Waals surface area contributed by atoms with Crippen LogP contribution in [0.15, 0.2) is 70.9 Å². The lowest BCUT2D eigenvalue weighted by atomic mass is 9.47. The first-order valence-corrected chi connectivity index (χ1v) is 22.9. The van der Waals surface area contributed by atoms with Gasteiger partial charge in [-0.05, 0) is 105 Å². The predicted molar refractivity (Wildman–Crippen MR) is 235 cm³/mol. The fraction of sp³-hybridized carbons (Fsp3) is 0.468. The van der Waals surface area contributed by atoms with Crippen molar-refractivity contribution in [1.29, 1.82) is 0 Å². The Balaban J connectivity index is 1.37. The first-order chi connectivity index (χ1) is 29.3. The van der Waals surface area contributed by atoms with E-state index >= 15 is 4.79 Å². The van der Waals surface area contributed by atoms with Gasteiger partial charge in [-0.15, -0.1) is 0 Å². The van der Waals surface area contributed by atoms with Gasteiger partial charge in [-0.2, -0.15) is 0 Å². The number of para-hydroxylation sites is 2. The number of rotatable bonds is 12. The summed E-state index contributed by atoms with van der Waals surface area (Å²) in [5.41, 5.74) is 1.58. The zero-order valence-corrected chi connectivity index (χ0v) is 37.3. The molecule has 3 saturated carbocycles. The summed E-state index contributed by atoms with van der Waals surface area (Å²) < 4.78 is 43.0. The Morgan fingerprint density at radius 1 is 1.06 bits per heavy atom. The van der Waals surface area contributed by atoms with E-state index in [0.29, 0.717) is 64.4 Å². The van der Waals surface area contributed by atoms with Crippen LogP contribution in [0.5, 0.6) is 17.2 Å². The van der Waals surface area contributed by atoms with Gasteiger partial charge in [-0.1, -0.05) is 41.5 Å². The van der Waals surface area contributed by atoms with Crippen LogP contribution in [-0.4, -0.2) is 71.7 Å². The van der Waals surface area contributed by atoms with Gasteiger partial charge in [-0.25, -0.2) is 9.55 Å². The number of phosphoric acid groups is 1. The highest BCUT2D eigenvalue weighted by Gasteiger charge is 2.84. The van der Waals surface area contributed by atoms with Crippen molar-refractivity contribution in [3.8, 4) is 17.2 Å². The number of aliphatic hydroxyl groups excluding tert-OH is 1. The van der Waals surface area contributed by atoms with Crippen molar-refractivity contribution < 1.29 is 47.8 Å². The summed E-state index contributed by atoms with van der Waals surface area (Å²) in [7, 11) is -5.23. The Morgan fingerprint density at radius 3 is 2.52 bits per heavy atom. The molecule has 328 valence electrons. The quantitative estimate of drug-likeness (QED) is 0.0680. The Kier molecular flexibility index (Phi) is 9.92. The van der Waals surface area contributed by atoms with Crippen molar-refractivity contribution >= 4 is 48.3 Å². The van der Waals surface area contributed by atoms with E-state index in [1.165, 1.54) is 5.57 Å². The molecule has 14 nitrogen and oxygen atoms in total. The minimum absolute atomic E-state index is 0.0151. The molecule has 62 heavy (non-hydrogen) atoms. The van der Waals surface area contributed by atoms with E-state index in [0.717, 1.165) is 17.5 Å². The van der Waals surface area contributed by atoms with Crippen molar-refractivity contribution in [1.82, 2.24) is 14.9 Å². The Bertz CT molecular complexity index is 2660. The maximum atomic E-state index is 15.7. The highest BCUT2D eigenvalue weighted by atomic mass is 31.2. The summed E-state index contributed by atoms with van der Waals surface area (Å²) in [5, 5.41) is 15.8. The number of fused-ring (bicyclic) bond motifs is 6. The van der Waals surface area contributed by atoms with Gasteiger partial charge in [0.25, 0.3) is 0 Å². The number of phosphoric ester groups is 1.